The average Bonchev–Trinajstić information content (AvgIpc) is 2.47. The molecule has 1 heterocycles. The van der Waals surface area contributed by atoms with Crippen LogP contribution in [0.1, 0.15) is 12.0 Å². The SMILES string of the molecule is COCCCNc1cnnc(Nc2ccc(Br)cc2C)n1. The Kier molecular flexibility index (Phi) is 5.89. The number of nitrogens with one attached hydrogen (secondary N) is 2. The molecular weight excluding hydrogens is 334 g/mol. The molecule has 1 aromatic heterocycles. The number of hydrogen-bond donors (Lipinski definition) is 2. The Bertz CT molecular complexity index is 593. The molecule has 0 atom stereocenters. The molecule has 2 aromatic rings. The summed E-state index contributed by atoms with van der Waals surface area (Å²) in [5.74, 6) is 1.16. The number of aryl methyl sites for hydroxylation is 1. The number of halogens is 1. The molecule has 112 valence electrons. The molecule has 0 fully saturated rings. The molecule has 0 saturated heterocycles. The van der Waals surface area contributed by atoms with E-state index < -0.39 is 0 Å². The number of methoxy groups -OCH3 is 1. The number of hydrogen-bond acceptors (Lipinski definition) is 6. The maximum Gasteiger partial charge on any atom is 0.249 e. The Morgan fingerprint density at radius 2 is 2.19 bits per heavy atom. The second-order valence-corrected chi connectivity index (χ2v) is 5.44. The number of anilines is 3. The number of ether oxygens (including phenoxy) is 1. The highest BCUT2D eigenvalue weighted by Crippen LogP contribution is 2.22. The third-order valence-electron chi connectivity index (χ3n) is 2.83. The Labute approximate surface area is 132 Å². The fourth-order valence-corrected chi connectivity index (χ4v) is 2.24. The second-order valence-electron chi connectivity index (χ2n) is 4.52. The van der Waals surface area contributed by atoms with E-state index in [1.807, 2.05) is 25.1 Å². The van der Waals surface area contributed by atoms with Crippen molar-refractivity contribution in [2.45, 2.75) is 13.3 Å². The smallest absolute Gasteiger partial charge is 0.249 e. The first-order chi connectivity index (χ1) is 10.2. The van der Waals surface area contributed by atoms with Gasteiger partial charge in [-0.3, -0.25) is 0 Å². The van der Waals surface area contributed by atoms with E-state index >= 15 is 0 Å². The van der Waals surface area contributed by atoms with Gasteiger partial charge >= 0.3 is 0 Å². The van der Waals surface area contributed by atoms with E-state index in [9.17, 15) is 0 Å². The fourth-order valence-electron chi connectivity index (χ4n) is 1.76. The third kappa shape index (κ3) is 4.95. The van der Waals surface area contributed by atoms with E-state index in [2.05, 4.69) is 41.7 Å². The summed E-state index contributed by atoms with van der Waals surface area (Å²) in [6.07, 6.45) is 2.52. The van der Waals surface area contributed by atoms with Gasteiger partial charge in [0.15, 0.2) is 5.82 Å². The molecule has 0 aliphatic heterocycles. The van der Waals surface area contributed by atoms with E-state index in [1.54, 1.807) is 13.3 Å². The van der Waals surface area contributed by atoms with E-state index in [-0.39, 0.29) is 0 Å². The highest BCUT2D eigenvalue weighted by atomic mass is 79.9. The molecule has 2 N–H and O–H groups in total. The van der Waals surface area contributed by atoms with Gasteiger partial charge in [-0.1, -0.05) is 15.9 Å². The average molecular weight is 352 g/mol. The van der Waals surface area contributed by atoms with E-state index in [1.165, 1.54) is 0 Å². The molecule has 6 nitrogen and oxygen atoms in total. The van der Waals surface area contributed by atoms with Gasteiger partial charge < -0.3 is 15.4 Å². The topological polar surface area (TPSA) is 72.0 Å². The van der Waals surface area contributed by atoms with Crippen LogP contribution in [0.25, 0.3) is 0 Å². The van der Waals surface area contributed by atoms with Crippen molar-refractivity contribution in [3.8, 4) is 0 Å². The molecule has 2 rings (SSSR count). The lowest BCUT2D eigenvalue weighted by molar-refractivity contribution is 0.197. The molecule has 0 spiro atoms. The third-order valence-corrected chi connectivity index (χ3v) is 3.32. The van der Waals surface area contributed by atoms with Gasteiger partial charge in [0, 0.05) is 30.4 Å². The maximum absolute atomic E-state index is 5.00. The molecule has 0 amide bonds. The van der Waals surface area contributed by atoms with Crippen molar-refractivity contribution < 1.29 is 4.74 Å². The van der Waals surface area contributed by atoms with Gasteiger partial charge in [-0.15, -0.1) is 5.10 Å². The fraction of sp³-hybridized carbons (Fsp3) is 0.357. The predicted octanol–water partition coefficient (Wildman–Crippen LogP) is 3.13. The lowest BCUT2D eigenvalue weighted by atomic mass is 10.2. The van der Waals surface area contributed by atoms with Crippen LogP contribution in [0.5, 0.6) is 0 Å². The van der Waals surface area contributed by atoms with Crippen molar-refractivity contribution in [3.63, 3.8) is 0 Å². The zero-order valence-corrected chi connectivity index (χ0v) is 13.6. The number of nitrogens with zero attached hydrogens (tertiary/aromatic N) is 3. The summed E-state index contributed by atoms with van der Waals surface area (Å²) < 4.78 is 6.04. The zero-order chi connectivity index (χ0) is 15.1. The monoisotopic (exact) mass is 351 g/mol. The second kappa shape index (κ2) is 7.90. The minimum absolute atomic E-state index is 0.470. The van der Waals surface area contributed by atoms with Crippen LogP contribution in [0.15, 0.2) is 28.9 Å². The van der Waals surface area contributed by atoms with Gasteiger partial charge in [0.05, 0.1) is 6.20 Å². The maximum atomic E-state index is 5.00. The van der Waals surface area contributed by atoms with Gasteiger partial charge in [-0.2, -0.15) is 10.1 Å². The van der Waals surface area contributed by atoms with E-state index in [4.69, 9.17) is 4.74 Å². The van der Waals surface area contributed by atoms with E-state index in [0.717, 1.165) is 28.7 Å². The minimum atomic E-state index is 0.470. The van der Waals surface area contributed by atoms with Crippen molar-refractivity contribution in [2.24, 2.45) is 0 Å². The van der Waals surface area contributed by atoms with Gasteiger partial charge in [0.25, 0.3) is 0 Å². The molecule has 0 radical (unpaired) electrons. The first kappa shape index (κ1) is 15.7. The molecule has 0 aliphatic rings. The first-order valence-electron chi connectivity index (χ1n) is 6.65. The van der Waals surface area contributed by atoms with Crippen molar-refractivity contribution in [3.05, 3.63) is 34.4 Å². The molecule has 0 unspecified atom stereocenters. The van der Waals surface area contributed by atoms with Crippen molar-refractivity contribution in [1.29, 1.82) is 0 Å². The van der Waals surface area contributed by atoms with Crippen molar-refractivity contribution in [1.82, 2.24) is 15.2 Å². The number of aromatic nitrogens is 3. The van der Waals surface area contributed by atoms with Gasteiger partial charge in [0.2, 0.25) is 5.95 Å². The summed E-state index contributed by atoms with van der Waals surface area (Å²) in [7, 11) is 1.69. The molecule has 0 bridgehead atoms. The first-order valence-corrected chi connectivity index (χ1v) is 7.44. The Morgan fingerprint density at radius 1 is 1.33 bits per heavy atom. The van der Waals surface area contributed by atoms with E-state index in [0.29, 0.717) is 18.4 Å². The van der Waals surface area contributed by atoms with Crippen LogP contribution in [0.2, 0.25) is 0 Å². The normalized spacial score (nSPS) is 10.4. The Morgan fingerprint density at radius 3 is 2.95 bits per heavy atom. The molecule has 1 aromatic carbocycles. The van der Waals surface area contributed by atoms with Crippen molar-refractivity contribution in [2.75, 3.05) is 30.9 Å². The quantitative estimate of drug-likeness (QED) is 0.746. The molecule has 0 aliphatic carbocycles. The summed E-state index contributed by atoms with van der Waals surface area (Å²) >= 11 is 3.44. The van der Waals surface area contributed by atoms with Crippen molar-refractivity contribution >= 4 is 33.4 Å². The summed E-state index contributed by atoms with van der Waals surface area (Å²) in [6, 6.07) is 5.97. The van der Waals surface area contributed by atoms with Crippen LogP contribution in [0.3, 0.4) is 0 Å². The zero-order valence-electron chi connectivity index (χ0n) is 12.1. The minimum Gasteiger partial charge on any atom is -0.385 e. The number of benzene rings is 1. The van der Waals surface area contributed by atoms with Gasteiger partial charge in [0.1, 0.15) is 0 Å². The highest BCUT2D eigenvalue weighted by molar-refractivity contribution is 9.10. The highest BCUT2D eigenvalue weighted by Gasteiger charge is 2.04. The lowest BCUT2D eigenvalue weighted by Gasteiger charge is -2.09. The largest absolute Gasteiger partial charge is 0.385 e. The summed E-state index contributed by atoms with van der Waals surface area (Å²) in [5, 5.41) is 14.3. The molecule has 0 saturated carbocycles. The van der Waals surface area contributed by atoms with Crippen LogP contribution in [-0.2, 0) is 4.74 Å². The van der Waals surface area contributed by atoms with Crippen LogP contribution >= 0.6 is 15.9 Å². The molecule has 21 heavy (non-hydrogen) atoms. The number of rotatable bonds is 7. The summed E-state index contributed by atoms with van der Waals surface area (Å²) in [4.78, 5) is 4.38. The van der Waals surface area contributed by atoms with Crippen LogP contribution in [0, 0.1) is 6.92 Å². The van der Waals surface area contributed by atoms with Crippen LogP contribution < -0.4 is 10.6 Å². The summed E-state index contributed by atoms with van der Waals surface area (Å²) in [5.41, 5.74) is 2.06. The van der Waals surface area contributed by atoms with Crippen LogP contribution in [-0.4, -0.2) is 35.4 Å². The van der Waals surface area contributed by atoms with Gasteiger partial charge in [-0.25, -0.2) is 0 Å². The summed E-state index contributed by atoms with van der Waals surface area (Å²) in [6.45, 7) is 3.52. The molecular formula is C14H18BrN5O. The molecule has 7 heteroatoms. The Hall–Kier alpha value is -1.73. The van der Waals surface area contributed by atoms with Gasteiger partial charge in [-0.05, 0) is 37.1 Å². The predicted molar refractivity (Wildman–Crippen MR) is 87.0 cm³/mol. The standard InChI is InChI=1S/C14H18BrN5O/c1-10-8-11(15)4-5-12(10)18-14-19-13(9-17-20-14)16-6-3-7-21-2/h4-5,8-9H,3,6-7H2,1-2H3,(H2,16,18,19,20). The lowest BCUT2D eigenvalue weighted by Crippen LogP contribution is -2.08. The Balaban J connectivity index is 2.00. The van der Waals surface area contributed by atoms with Crippen LogP contribution in [0.4, 0.5) is 17.5 Å².